The lowest BCUT2D eigenvalue weighted by Gasteiger charge is -2.32. The molecule has 0 aliphatic carbocycles. The van der Waals surface area contributed by atoms with Crippen LogP contribution in [0, 0.1) is 0 Å². The lowest BCUT2D eigenvalue weighted by atomic mass is 10.0. The van der Waals surface area contributed by atoms with Crippen LogP contribution >= 0.6 is 0 Å². The molecule has 0 N–H and O–H groups in total. The van der Waals surface area contributed by atoms with Gasteiger partial charge in [0, 0.05) is 25.2 Å². The maximum Gasteiger partial charge on any atom is 0.122 e. The fourth-order valence-corrected chi connectivity index (χ4v) is 2.05. The van der Waals surface area contributed by atoms with Crippen LogP contribution in [0.5, 0.6) is 5.75 Å². The number of hydrogen-bond donors (Lipinski definition) is 0. The number of pyridine rings is 1. The van der Waals surface area contributed by atoms with Gasteiger partial charge >= 0.3 is 0 Å². The van der Waals surface area contributed by atoms with E-state index in [0.717, 1.165) is 18.6 Å². The minimum atomic E-state index is 0.270. The average molecular weight is 207 g/mol. The topological polar surface area (TPSA) is 31.4 Å². The molecule has 1 saturated heterocycles. The van der Waals surface area contributed by atoms with Gasteiger partial charge in [-0.1, -0.05) is 0 Å². The Labute approximate surface area is 90.4 Å². The Morgan fingerprint density at radius 1 is 1.20 bits per heavy atom. The van der Waals surface area contributed by atoms with Gasteiger partial charge in [-0.25, -0.2) is 0 Å². The Morgan fingerprint density at radius 2 is 1.80 bits per heavy atom. The summed E-state index contributed by atoms with van der Waals surface area (Å²) >= 11 is 0. The van der Waals surface area contributed by atoms with Gasteiger partial charge in [0.25, 0.3) is 0 Å². The van der Waals surface area contributed by atoms with E-state index in [2.05, 4.69) is 18.8 Å². The molecule has 1 aliphatic heterocycles. The normalized spacial score (nSPS) is 31.2. The van der Waals surface area contributed by atoms with Crippen molar-refractivity contribution in [1.29, 1.82) is 0 Å². The van der Waals surface area contributed by atoms with Gasteiger partial charge in [-0.3, -0.25) is 4.98 Å². The van der Waals surface area contributed by atoms with E-state index < -0.39 is 0 Å². The molecule has 15 heavy (non-hydrogen) atoms. The van der Waals surface area contributed by atoms with Crippen molar-refractivity contribution < 1.29 is 9.47 Å². The van der Waals surface area contributed by atoms with Crippen molar-refractivity contribution in [3.63, 3.8) is 0 Å². The van der Waals surface area contributed by atoms with Crippen LogP contribution in [0.2, 0.25) is 0 Å². The average Bonchev–Trinajstić information content (AvgIpc) is 2.17. The zero-order valence-electron chi connectivity index (χ0n) is 9.22. The molecule has 2 rings (SSSR count). The molecule has 3 heteroatoms. The summed E-state index contributed by atoms with van der Waals surface area (Å²) in [6.45, 7) is 4.19. The van der Waals surface area contributed by atoms with Gasteiger partial charge in [0.2, 0.25) is 0 Å². The molecule has 2 heterocycles. The summed E-state index contributed by atoms with van der Waals surface area (Å²) in [5, 5.41) is 0. The van der Waals surface area contributed by atoms with Crippen molar-refractivity contribution in [2.75, 3.05) is 0 Å². The quantitative estimate of drug-likeness (QED) is 0.746. The molecule has 0 saturated carbocycles. The standard InChI is InChI=1S/C12H17NO2/c1-9-7-12(8-10(2)14-9)15-11-3-5-13-6-4-11/h3-6,9-10,12H,7-8H2,1-2H3/t9-,10+,12?. The van der Waals surface area contributed by atoms with Crippen LogP contribution in [0.15, 0.2) is 24.5 Å². The highest BCUT2D eigenvalue weighted by Gasteiger charge is 2.25. The Kier molecular flexibility index (Phi) is 3.21. The summed E-state index contributed by atoms with van der Waals surface area (Å²) in [5.74, 6) is 0.899. The number of rotatable bonds is 2. The first kappa shape index (κ1) is 10.4. The van der Waals surface area contributed by atoms with Crippen LogP contribution in [0.4, 0.5) is 0 Å². The smallest absolute Gasteiger partial charge is 0.122 e. The second-order valence-electron chi connectivity index (χ2n) is 4.15. The van der Waals surface area contributed by atoms with Gasteiger partial charge in [-0.05, 0) is 26.0 Å². The minimum Gasteiger partial charge on any atom is -0.490 e. The Hall–Kier alpha value is -1.09. The molecule has 3 atom stereocenters. The number of nitrogens with zero attached hydrogens (tertiary/aromatic N) is 1. The first-order valence-electron chi connectivity index (χ1n) is 5.46. The van der Waals surface area contributed by atoms with Gasteiger partial charge in [0.1, 0.15) is 11.9 Å². The molecule has 1 fully saturated rings. The third kappa shape index (κ3) is 2.93. The van der Waals surface area contributed by atoms with Crippen molar-refractivity contribution in [1.82, 2.24) is 4.98 Å². The number of aromatic nitrogens is 1. The summed E-state index contributed by atoms with van der Waals surface area (Å²) in [4.78, 5) is 3.96. The molecule has 3 nitrogen and oxygen atoms in total. The lowest BCUT2D eigenvalue weighted by molar-refractivity contribution is -0.0721. The predicted octanol–water partition coefficient (Wildman–Crippen LogP) is 2.42. The Morgan fingerprint density at radius 3 is 2.40 bits per heavy atom. The summed E-state index contributed by atoms with van der Waals surface area (Å²) in [6, 6.07) is 3.79. The van der Waals surface area contributed by atoms with Crippen LogP contribution in [0.3, 0.4) is 0 Å². The van der Waals surface area contributed by atoms with E-state index in [-0.39, 0.29) is 6.10 Å². The van der Waals surface area contributed by atoms with Crippen molar-refractivity contribution in [2.45, 2.75) is 45.0 Å². The molecular weight excluding hydrogens is 190 g/mol. The van der Waals surface area contributed by atoms with Gasteiger partial charge < -0.3 is 9.47 Å². The third-order valence-electron chi connectivity index (χ3n) is 2.61. The van der Waals surface area contributed by atoms with Crippen molar-refractivity contribution in [3.8, 4) is 5.75 Å². The highest BCUT2D eigenvalue weighted by Crippen LogP contribution is 2.23. The summed E-state index contributed by atoms with van der Waals surface area (Å²) in [7, 11) is 0. The van der Waals surface area contributed by atoms with Crippen molar-refractivity contribution >= 4 is 0 Å². The van der Waals surface area contributed by atoms with E-state index in [1.165, 1.54) is 0 Å². The van der Waals surface area contributed by atoms with Crippen LogP contribution in [0.25, 0.3) is 0 Å². The second-order valence-corrected chi connectivity index (χ2v) is 4.15. The number of ether oxygens (including phenoxy) is 2. The molecule has 1 unspecified atom stereocenters. The molecule has 0 bridgehead atoms. The summed E-state index contributed by atoms with van der Waals surface area (Å²) < 4.78 is 11.5. The highest BCUT2D eigenvalue weighted by atomic mass is 16.5. The highest BCUT2D eigenvalue weighted by molar-refractivity contribution is 5.17. The predicted molar refractivity (Wildman–Crippen MR) is 57.9 cm³/mol. The molecule has 1 aromatic rings. The van der Waals surface area contributed by atoms with E-state index in [1.807, 2.05) is 12.1 Å². The first-order valence-corrected chi connectivity index (χ1v) is 5.46. The zero-order chi connectivity index (χ0) is 10.7. The maximum atomic E-state index is 5.88. The van der Waals surface area contributed by atoms with Crippen LogP contribution in [-0.4, -0.2) is 23.3 Å². The van der Waals surface area contributed by atoms with E-state index in [4.69, 9.17) is 9.47 Å². The molecular formula is C12H17NO2. The van der Waals surface area contributed by atoms with Crippen LogP contribution in [0.1, 0.15) is 26.7 Å². The first-order chi connectivity index (χ1) is 7.24. The summed E-state index contributed by atoms with van der Waals surface area (Å²) in [6.07, 6.45) is 6.29. The van der Waals surface area contributed by atoms with Crippen molar-refractivity contribution in [2.24, 2.45) is 0 Å². The fourth-order valence-electron chi connectivity index (χ4n) is 2.05. The monoisotopic (exact) mass is 207 g/mol. The lowest BCUT2D eigenvalue weighted by Crippen LogP contribution is -2.35. The second kappa shape index (κ2) is 4.62. The minimum absolute atomic E-state index is 0.270. The van der Waals surface area contributed by atoms with E-state index in [1.54, 1.807) is 12.4 Å². The molecule has 0 radical (unpaired) electrons. The Balaban J connectivity index is 1.94. The summed E-state index contributed by atoms with van der Waals surface area (Å²) in [5.41, 5.74) is 0. The zero-order valence-corrected chi connectivity index (χ0v) is 9.22. The van der Waals surface area contributed by atoms with Gasteiger partial charge in [-0.2, -0.15) is 0 Å². The molecule has 1 aromatic heterocycles. The fraction of sp³-hybridized carbons (Fsp3) is 0.583. The van der Waals surface area contributed by atoms with Crippen LogP contribution in [-0.2, 0) is 4.74 Å². The van der Waals surface area contributed by atoms with E-state index >= 15 is 0 Å². The van der Waals surface area contributed by atoms with E-state index in [0.29, 0.717) is 12.2 Å². The maximum absolute atomic E-state index is 5.88. The van der Waals surface area contributed by atoms with Gasteiger partial charge in [-0.15, -0.1) is 0 Å². The molecule has 0 aromatic carbocycles. The van der Waals surface area contributed by atoms with Crippen molar-refractivity contribution in [3.05, 3.63) is 24.5 Å². The molecule has 82 valence electrons. The van der Waals surface area contributed by atoms with Crippen LogP contribution < -0.4 is 4.74 Å². The molecule has 0 spiro atoms. The molecule has 1 aliphatic rings. The SMILES string of the molecule is C[C@@H]1CC(Oc2ccncc2)C[C@H](C)O1. The van der Waals surface area contributed by atoms with Gasteiger partial charge in [0.15, 0.2) is 0 Å². The third-order valence-corrected chi connectivity index (χ3v) is 2.61. The largest absolute Gasteiger partial charge is 0.490 e. The molecule has 0 amide bonds. The van der Waals surface area contributed by atoms with E-state index in [9.17, 15) is 0 Å². The Bertz CT molecular complexity index is 292. The number of hydrogen-bond acceptors (Lipinski definition) is 3. The van der Waals surface area contributed by atoms with Gasteiger partial charge in [0.05, 0.1) is 12.2 Å².